The minimum absolute atomic E-state index is 0.0955. The van der Waals surface area contributed by atoms with Crippen molar-refractivity contribution in [1.29, 1.82) is 0 Å². The Labute approximate surface area is 190 Å². The first-order valence-corrected chi connectivity index (χ1v) is 10.9. The first-order valence-electron chi connectivity index (χ1n) is 10.5. The monoisotopic (exact) mass is 448 g/mol. The van der Waals surface area contributed by atoms with Crippen LogP contribution in [0, 0.1) is 0 Å². The van der Waals surface area contributed by atoms with E-state index in [1.165, 1.54) is 6.26 Å². The molecule has 162 valence electrons. The Morgan fingerprint density at radius 3 is 2.53 bits per heavy atom. The van der Waals surface area contributed by atoms with Gasteiger partial charge in [0.1, 0.15) is 37.4 Å². The fourth-order valence-electron chi connectivity index (χ4n) is 3.76. The summed E-state index contributed by atoms with van der Waals surface area (Å²) in [6.45, 7) is 3.44. The molecular weight excluding hydrogens is 428 g/mol. The molecule has 0 aliphatic carbocycles. The van der Waals surface area contributed by atoms with Gasteiger partial charge in [-0.2, -0.15) is 0 Å². The summed E-state index contributed by atoms with van der Waals surface area (Å²) < 4.78 is 23.1. The molecule has 32 heavy (non-hydrogen) atoms. The molecule has 0 atom stereocenters. The maximum atomic E-state index is 13.3. The molecule has 0 unspecified atom stereocenters. The topological polar surface area (TPSA) is 57.9 Å². The highest BCUT2D eigenvalue weighted by atomic mass is 35.5. The van der Waals surface area contributed by atoms with Crippen LogP contribution in [0.4, 0.5) is 0 Å². The molecule has 2 heterocycles. The highest BCUT2D eigenvalue weighted by molar-refractivity contribution is 6.30. The second-order valence-corrected chi connectivity index (χ2v) is 8.00. The lowest BCUT2D eigenvalue weighted by atomic mass is 10.0. The Bertz CT molecular complexity index is 1340. The molecule has 6 heteroatoms. The molecule has 0 N–H and O–H groups in total. The normalized spacial score (nSPS) is 12.7. The van der Waals surface area contributed by atoms with Crippen LogP contribution in [-0.4, -0.2) is 13.2 Å². The maximum Gasteiger partial charge on any atom is 0.200 e. The zero-order valence-electron chi connectivity index (χ0n) is 17.5. The van der Waals surface area contributed by atoms with E-state index in [2.05, 4.69) is 0 Å². The SMILES string of the molecule is CCc1cc2c(=O)c(-c3ccc4c(c3)OCCO4)coc2cc1OCc1ccc(Cl)cc1. The summed E-state index contributed by atoms with van der Waals surface area (Å²) in [6.07, 6.45) is 2.21. The third kappa shape index (κ3) is 3.92. The van der Waals surface area contributed by atoms with E-state index in [0.29, 0.717) is 58.6 Å². The van der Waals surface area contributed by atoms with Gasteiger partial charge in [-0.05, 0) is 53.4 Å². The number of hydrogen-bond donors (Lipinski definition) is 0. The number of fused-ring (bicyclic) bond motifs is 2. The molecule has 4 aromatic rings. The average molecular weight is 449 g/mol. The molecule has 0 saturated heterocycles. The number of aryl methyl sites for hydroxylation is 1. The molecule has 0 fully saturated rings. The van der Waals surface area contributed by atoms with Gasteiger partial charge in [0.25, 0.3) is 0 Å². The van der Waals surface area contributed by atoms with Crippen molar-refractivity contribution in [2.75, 3.05) is 13.2 Å². The number of ether oxygens (including phenoxy) is 3. The van der Waals surface area contributed by atoms with Gasteiger partial charge in [0.2, 0.25) is 5.43 Å². The van der Waals surface area contributed by atoms with Crippen LogP contribution >= 0.6 is 11.6 Å². The van der Waals surface area contributed by atoms with E-state index >= 15 is 0 Å². The Morgan fingerprint density at radius 1 is 0.969 bits per heavy atom. The second kappa shape index (κ2) is 8.60. The highest BCUT2D eigenvalue weighted by Crippen LogP contribution is 2.34. The van der Waals surface area contributed by atoms with Crippen LogP contribution in [0.2, 0.25) is 5.02 Å². The van der Waals surface area contributed by atoms with E-state index in [0.717, 1.165) is 23.1 Å². The van der Waals surface area contributed by atoms with Crippen LogP contribution in [0.5, 0.6) is 17.2 Å². The van der Waals surface area contributed by atoms with Crippen molar-refractivity contribution in [2.24, 2.45) is 0 Å². The summed E-state index contributed by atoms with van der Waals surface area (Å²) >= 11 is 5.95. The van der Waals surface area contributed by atoms with Crippen LogP contribution in [0.25, 0.3) is 22.1 Å². The van der Waals surface area contributed by atoms with Crippen molar-refractivity contribution < 1.29 is 18.6 Å². The molecule has 3 aromatic carbocycles. The van der Waals surface area contributed by atoms with E-state index in [9.17, 15) is 4.79 Å². The molecule has 1 aliphatic heterocycles. The van der Waals surface area contributed by atoms with Crippen molar-refractivity contribution in [3.8, 4) is 28.4 Å². The molecule has 5 rings (SSSR count). The van der Waals surface area contributed by atoms with E-state index in [1.807, 2.05) is 55.5 Å². The summed E-state index contributed by atoms with van der Waals surface area (Å²) in [4.78, 5) is 13.3. The smallest absolute Gasteiger partial charge is 0.200 e. The largest absolute Gasteiger partial charge is 0.488 e. The lowest BCUT2D eigenvalue weighted by Crippen LogP contribution is -2.15. The lowest BCUT2D eigenvalue weighted by molar-refractivity contribution is 0.171. The molecule has 1 aromatic heterocycles. The summed E-state index contributed by atoms with van der Waals surface area (Å²) in [7, 11) is 0. The quantitative estimate of drug-likeness (QED) is 0.373. The maximum absolute atomic E-state index is 13.3. The van der Waals surface area contributed by atoms with Gasteiger partial charge in [-0.1, -0.05) is 36.7 Å². The van der Waals surface area contributed by atoms with Crippen LogP contribution in [-0.2, 0) is 13.0 Å². The molecular formula is C26H21ClO5. The minimum atomic E-state index is -0.0955. The van der Waals surface area contributed by atoms with Gasteiger partial charge in [-0.3, -0.25) is 4.79 Å². The third-order valence-electron chi connectivity index (χ3n) is 5.50. The highest BCUT2D eigenvalue weighted by Gasteiger charge is 2.17. The molecule has 0 radical (unpaired) electrons. The molecule has 0 amide bonds. The zero-order chi connectivity index (χ0) is 22.1. The second-order valence-electron chi connectivity index (χ2n) is 7.56. The van der Waals surface area contributed by atoms with E-state index in [4.69, 9.17) is 30.2 Å². The van der Waals surface area contributed by atoms with Gasteiger partial charge in [0.05, 0.1) is 10.9 Å². The van der Waals surface area contributed by atoms with Gasteiger partial charge in [-0.25, -0.2) is 0 Å². The molecule has 0 bridgehead atoms. The first kappa shape index (κ1) is 20.5. The zero-order valence-corrected chi connectivity index (χ0v) is 18.3. The van der Waals surface area contributed by atoms with E-state index < -0.39 is 0 Å². The van der Waals surface area contributed by atoms with Crippen molar-refractivity contribution in [1.82, 2.24) is 0 Å². The van der Waals surface area contributed by atoms with E-state index in [1.54, 1.807) is 6.07 Å². The predicted molar refractivity (Wildman–Crippen MR) is 124 cm³/mol. The molecule has 5 nitrogen and oxygen atoms in total. The number of halogens is 1. The number of benzene rings is 3. The summed E-state index contributed by atoms with van der Waals surface area (Å²) in [5.41, 5.74) is 3.55. The summed E-state index contributed by atoms with van der Waals surface area (Å²) in [6, 6.07) is 16.6. The lowest BCUT2D eigenvalue weighted by Gasteiger charge is -2.18. The average Bonchev–Trinajstić information content (AvgIpc) is 2.83. The first-order chi connectivity index (χ1) is 15.6. The number of rotatable bonds is 5. The van der Waals surface area contributed by atoms with Gasteiger partial charge in [0.15, 0.2) is 11.5 Å². The van der Waals surface area contributed by atoms with Crippen LogP contribution in [0.1, 0.15) is 18.1 Å². The minimum Gasteiger partial charge on any atom is -0.488 e. The molecule has 0 spiro atoms. The van der Waals surface area contributed by atoms with E-state index in [-0.39, 0.29) is 5.43 Å². The third-order valence-corrected chi connectivity index (χ3v) is 5.75. The Balaban J connectivity index is 1.50. The van der Waals surface area contributed by atoms with Crippen molar-refractivity contribution in [2.45, 2.75) is 20.0 Å². The summed E-state index contributed by atoms with van der Waals surface area (Å²) in [5, 5.41) is 1.21. The van der Waals surface area contributed by atoms with Crippen molar-refractivity contribution >= 4 is 22.6 Å². The van der Waals surface area contributed by atoms with Gasteiger partial charge < -0.3 is 18.6 Å². The predicted octanol–water partition coefficient (Wildman–Crippen LogP) is 6.03. The molecule has 0 saturated carbocycles. The Morgan fingerprint density at radius 2 is 1.75 bits per heavy atom. The molecule has 1 aliphatic rings. The van der Waals surface area contributed by atoms with Gasteiger partial charge in [-0.15, -0.1) is 0 Å². The summed E-state index contributed by atoms with van der Waals surface area (Å²) in [5.74, 6) is 2.01. The number of hydrogen-bond acceptors (Lipinski definition) is 5. The van der Waals surface area contributed by atoms with Crippen molar-refractivity contribution in [3.63, 3.8) is 0 Å². The standard InChI is InChI=1S/C26H21ClO5/c1-2-17-11-20-24(13-23(17)31-14-16-3-6-19(27)7-4-16)32-15-21(26(20)28)18-5-8-22-25(12-18)30-10-9-29-22/h3-8,11-13,15H,2,9-10,14H2,1H3. The van der Waals surface area contributed by atoms with Gasteiger partial charge in [0, 0.05) is 11.1 Å². The van der Waals surface area contributed by atoms with Crippen LogP contribution in [0.3, 0.4) is 0 Å². The Hall–Kier alpha value is -3.44. The van der Waals surface area contributed by atoms with Gasteiger partial charge >= 0.3 is 0 Å². The fraction of sp³-hybridized carbons (Fsp3) is 0.192. The van der Waals surface area contributed by atoms with Crippen LogP contribution in [0.15, 0.2) is 70.1 Å². The van der Waals surface area contributed by atoms with Crippen molar-refractivity contribution in [3.05, 3.63) is 87.2 Å². The Kier molecular flexibility index (Phi) is 5.50. The van der Waals surface area contributed by atoms with Crippen LogP contribution < -0.4 is 19.6 Å². The fourth-order valence-corrected chi connectivity index (χ4v) is 3.89.